The predicted octanol–water partition coefficient (Wildman–Crippen LogP) is 2.98. The van der Waals surface area contributed by atoms with Crippen molar-refractivity contribution in [2.75, 3.05) is 12.3 Å². The van der Waals surface area contributed by atoms with Crippen LogP contribution in [0.4, 0.5) is 0 Å². The van der Waals surface area contributed by atoms with Crippen molar-refractivity contribution in [1.82, 2.24) is 4.90 Å². The molecule has 0 spiro atoms. The van der Waals surface area contributed by atoms with Gasteiger partial charge in [-0.25, -0.2) is 0 Å². The lowest BCUT2D eigenvalue weighted by molar-refractivity contribution is -0.128. The minimum absolute atomic E-state index is 0.256. The van der Waals surface area contributed by atoms with Crippen molar-refractivity contribution in [2.24, 2.45) is 5.92 Å². The minimum Gasteiger partial charge on any atom is -0.326 e. The van der Waals surface area contributed by atoms with Crippen LogP contribution in [0.2, 0.25) is 0 Å². The molecule has 1 aromatic rings. The Morgan fingerprint density at radius 1 is 1.60 bits per heavy atom. The molecule has 2 heterocycles. The van der Waals surface area contributed by atoms with E-state index in [2.05, 4.69) is 30.7 Å². The largest absolute Gasteiger partial charge is 0.326 e. The van der Waals surface area contributed by atoms with E-state index in [1.165, 1.54) is 5.56 Å². The number of thiophene rings is 1. The molecule has 1 aliphatic heterocycles. The second-order valence-electron chi connectivity index (χ2n) is 4.16. The number of thioether (sulfide) groups is 1. The van der Waals surface area contributed by atoms with Gasteiger partial charge in [0.15, 0.2) is 0 Å². The first kappa shape index (κ1) is 11.0. The van der Waals surface area contributed by atoms with Crippen LogP contribution in [0.1, 0.15) is 24.8 Å². The highest BCUT2D eigenvalue weighted by molar-refractivity contribution is 8.00. The average molecular weight is 241 g/mol. The van der Waals surface area contributed by atoms with E-state index in [1.54, 1.807) is 23.1 Å². The Morgan fingerprint density at radius 3 is 3.00 bits per heavy atom. The van der Waals surface area contributed by atoms with Crippen LogP contribution in [0.15, 0.2) is 16.8 Å². The summed E-state index contributed by atoms with van der Waals surface area (Å²) in [7, 11) is 0. The molecule has 82 valence electrons. The molecule has 2 rings (SSSR count). The zero-order valence-electron chi connectivity index (χ0n) is 8.97. The van der Waals surface area contributed by atoms with Gasteiger partial charge in [0, 0.05) is 6.54 Å². The molecule has 1 amide bonds. The standard InChI is InChI=1S/C11H15NOS2/c1-8(2)5-12-10(13)7-15-11(12)9-3-4-14-6-9/h3-4,6,8,11H,5,7H2,1-2H3. The Kier molecular flexibility index (Phi) is 3.36. The smallest absolute Gasteiger partial charge is 0.233 e. The summed E-state index contributed by atoms with van der Waals surface area (Å²) in [4.78, 5) is 13.7. The fraction of sp³-hybridized carbons (Fsp3) is 0.545. The second-order valence-corrected chi connectivity index (χ2v) is 6.01. The minimum atomic E-state index is 0.256. The van der Waals surface area contributed by atoms with E-state index in [4.69, 9.17) is 0 Å². The van der Waals surface area contributed by atoms with Crippen LogP contribution in [0.5, 0.6) is 0 Å². The number of rotatable bonds is 3. The van der Waals surface area contributed by atoms with Crippen molar-refractivity contribution in [3.8, 4) is 0 Å². The Morgan fingerprint density at radius 2 is 2.40 bits per heavy atom. The number of hydrogen-bond acceptors (Lipinski definition) is 3. The molecular weight excluding hydrogens is 226 g/mol. The lowest BCUT2D eigenvalue weighted by atomic mass is 10.2. The van der Waals surface area contributed by atoms with E-state index in [1.807, 2.05) is 4.90 Å². The highest BCUT2D eigenvalue weighted by Crippen LogP contribution is 2.39. The van der Waals surface area contributed by atoms with Gasteiger partial charge in [-0.2, -0.15) is 11.3 Å². The third-order valence-corrected chi connectivity index (χ3v) is 4.32. The number of carbonyl (C=O) groups excluding carboxylic acids is 1. The summed E-state index contributed by atoms with van der Waals surface area (Å²) in [5, 5.41) is 4.47. The van der Waals surface area contributed by atoms with Crippen LogP contribution in [0.3, 0.4) is 0 Å². The molecule has 1 fully saturated rings. The van der Waals surface area contributed by atoms with Crippen molar-refractivity contribution < 1.29 is 4.79 Å². The van der Waals surface area contributed by atoms with Gasteiger partial charge >= 0.3 is 0 Å². The van der Waals surface area contributed by atoms with Crippen LogP contribution < -0.4 is 0 Å². The van der Waals surface area contributed by atoms with Crippen LogP contribution in [0.25, 0.3) is 0 Å². The fourth-order valence-corrected chi connectivity index (χ4v) is 3.69. The van der Waals surface area contributed by atoms with Crippen molar-refractivity contribution in [2.45, 2.75) is 19.2 Å². The normalized spacial score (nSPS) is 21.7. The van der Waals surface area contributed by atoms with Crippen molar-refractivity contribution >= 4 is 29.0 Å². The summed E-state index contributed by atoms with van der Waals surface area (Å²) < 4.78 is 0. The predicted molar refractivity (Wildman–Crippen MR) is 66.1 cm³/mol. The van der Waals surface area contributed by atoms with E-state index in [-0.39, 0.29) is 11.3 Å². The Hall–Kier alpha value is -0.480. The highest BCUT2D eigenvalue weighted by Gasteiger charge is 2.32. The van der Waals surface area contributed by atoms with Crippen LogP contribution in [-0.2, 0) is 4.79 Å². The van der Waals surface area contributed by atoms with Gasteiger partial charge in [0.05, 0.1) is 5.75 Å². The molecule has 0 aliphatic carbocycles. The van der Waals surface area contributed by atoms with Crippen molar-refractivity contribution in [3.63, 3.8) is 0 Å². The molecule has 0 radical (unpaired) electrons. The Balaban J connectivity index is 2.14. The zero-order valence-corrected chi connectivity index (χ0v) is 10.6. The van der Waals surface area contributed by atoms with E-state index >= 15 is 0 Å². The molecule has 2 nitrogen and oxygen atoms in total. The number of carbonyl (C=O) groups is 1. The van der Waals surface area contributed by atoms with Gasteiger partial charge in [-0.1, -0.05) is 13.8 Å². The maximum absolute atomic E-state index is 11.7. The van der Waals surface area contributed by atoms with Crippen LogP contribution >= 0.6 is 23.1 Å². The van der Waals surface area contributed by atoms with Gasteiger partial charge in [0.25, 0.3) is 0 Å². The molecule has 1 aliphatic rings. The lowest BCUT2D eigenvalue weighted by Crippen LogP contribution is -2.31. The number of nitrogens with zero attached hydrogens (tertiary/aromatic N) is 1. The van der Waals surface area contributed by atoms with Crippen molar-refractivity contribution in [3.05, 3.63) is 22.4 Å². The fourth-order valence-electron chi connectivity index (χ4n) is 1.74. The first-order valence-corrected chi connectivity index (χ1v) is 7.11. The average Bonchev–Trinajstić information content (AvgIpc) is 2.76. The maximum Gasteiger partial charge on any atom is 0.233 e. The molecule has 0 N–H and O–H groups in total. The number of amides is 1. The van der Waals surface area contributed by atoms with Gasteiger partial charge < -0.3 is 4.90 Å². The summed E-state index contributed by atoms with van der Waals surface area (Å²) >= 11 is 3.44. The van der Waals surface area contributed by atoms with E-state index < -0.39 is 0 Å². The van der Waals surface area contributed by atoms with E-state index in [0.29, 0.717) is 11.7 Å². The highest BCUT2D eigenvalue weighted by atomic mass is 32.2. The van der Waals surface area contributed by atoms with Gasteiger partial charge in [-0.05, 0) is 28.3 Å². The van der Waals surface area contributed by atoms with Crippen LogP contribution in [0, 0.1) is 5.92 Å². The maximum atomic E-state index is 11.7. The molecule has 0 saturated carbocycles. The summed E-state index contributed by atoms with van der Waals surface area (Å²) in [6.07, 6.45) is 0. The molecule has 4 heteroatoms. The number of hydrogen-bond donors (Lipinski definition) is 0. The molecule has 0 aromatic carbocycles. The quantitative estimate of drug-likeness (QED) is 0.811. The van der Waals surface area contributed by atoms with Gasteiger partial charge in [0.2, 0.25) is 5.91 Å². The van der Waals surface area contributed by atoms with E-state index in [9.17, 15) is 4.79 Å². The monoisotopic (exact) mass is 241 g/mol. The summed E-state index contributed by atoms with van der Waals surface area (Å²) in [6, 6.07) is 2.12. The Bertz CT molecular complexity index is 334. The lowest BCUT2D eigenvalue weighted by Gasteiger charge is -2.25. The van der Waals surface area contributed by atoms with Crippen molar-refractivity contribution in [1.29, 1.82) is 0 Å². The topological polar surface area (TPSA) is 20.3 Å². The van der Waals surface area contributed by atoms with Gasteiger partial charge in [0.1, 0.15) is 5.37 Å². The third kappa shape index (κ3) is 2.37. The first-order valence-electron chi connectivity index (χ1n) is 5.11. The molecule has 1 atom stereocenters. The SMILES string of the molecule is CC(C)CN1C(=O)CSC1c1ccsc1. The molecule has 1 saturated heterocycles. The first-order chi connectivity index (χ1) is 7.18. The van der Waals surface area contributed by atoms with E-state index in [0.717, 1.165) is 6.54 Å². The Labute approximate surface area is 98.7 Å². The third-order valence-electron chi connectivity index (χ3n) is 2.36. The molecular formula is C11H15NOS2. The molecule has 15 heavy (non-hydrogen) atoms. The van der Waals surface area contributed by atoms with Gasteiger partial charge in [-0.15, -0.1) is 11.8 Å². The molecule has 0 bridgehead atoms. The van der Waals surface area contributed by atoms with Crippen LogP contribution in [-0.4, -0.2) is 23.1 Å². The second kappa shape index (κ2) is 4.58. The van der Waals surface area contributed by atoms with Gasteiger partial charge in [-0.3, -0.25) is 4.79 Å². The molecule has 1 unspecified atom stereocenters. The summed E-state index contributed by atoms with van der Waals surface area (Å²) in [5.74, 6) is 1.45. The summed E-state index contributed by atoms with van der Waals surface area (Å²) in [6.45, 7) is 5.17. The summed E-state index contributed by atoms with van der Waals surface area (Å²) in [5.41, 5.74) is 1.27. The molecule has 1 aromatic heterocycles. The zero-order chi connectivity index (χ0) is 10.8.